The Kier molecular flexibility index (Phi) is 6.98. The molecule has 0 aromatic heterocycles. The van der Waals surface area contributed by atoms with Crippen LogP contribution in [0, 0.1) is 0 Å². The zero-order valence-electron chi connectivity index (χ0n) is 14.2. The van der Waals surface area contributed by atoms with Crippen LogP contribution in [0.2, 0.25) is 0 Å². The smallest absolute Gasteiger partial charge is 0.232 e. The standard InChI is InChI=1S/C20H26F2O2/c1-2-3-4-5-6-7-14-24-17-10-8-16(9-11-17)18-12-13-20(22,23)15-19(18)21/h8-13,23H,2-7,14-15H2,1H3. The Balaban J connectivity index is 1.80. The molecule has 132 valence electrons. The summed E-state index contributed by atoms with van der Waals surface area (Å²) in [6.07, 6.45) is 8.90. The van der Waals surface area contributed by atoms with Gasteiger partial charge in [0, 0.05) is 5.57 Å². The van der Waals surface area contributed by atoms with Crippen molar-refractivity contribution in [3.05, 3.63) is 47.8 Å². The number of alkyl halides is 1. The first-order valence-electron chi connectivity index (χ1n) is 8.74. The van der Waals surface area contributed by atoms with Crippen molar-refractivity contribution in [3.8, 4) is 5.75 Å². The van der Waals surface area contributed by atoms with Crippen LogP contribution >= 0.6 is 0 Å². The molecule has 0 amide bonds. The minimum Gasteiger partial charge on any atom is -0.494 e. The summed E-state index contributed by atoms with van der Waals surface area (Å²) in [5.41, 5.74) is 0.950. The van der Waals surface area contributed by atoms with Crippen LogP contribution < -0.4 is 4.74 Å². The summed E-state index contributed by atoms with van der Waals surface area (Å²) in [7, 11) is 0. The first kappa shape index (κ1) is 18.7. The molecule has 1 unspecified atom stereocenters. The van der Waals surface area contributed by atoms with Gasteiger partial charge in [-0.2, -0.15) is 0 Å². The second-order valence-electron chi connectivity index (χ2n) is 6.29. The number of halogens is 2. The summed E-state index contributed by atoms with van der Waals surface area (Å²) in [4.78, 5) is 0. The number of rotatable bonds is 9. The van der Waals surface area contributed by atoms with Crippen molar-refractivity contribution in [1.82, 2.24) is 0 Å². The maximum atomic E-state index is 13.9. The van der Waals surface area contributed by atoms with Gasteiger partial charge < -0.3 is 9.84 Å². The monoisotopic (exact) mass is 336 g/mol. The number of hydrogen-bond donors (Lipinski definition) is 1. The first-order valence-corrected chi connectivity index (χ1v) is 8.74. The molecule has 0 aliphatic heterocycles. The van der Waals surface area contributed by atoms with Gasteiger partial charge in [0.05, 0.1) is 13.0 Å². The number of benzene rings is 1. The van der Waals surface area contributed by atoms with E-state index in [1.165, 1.54) is 38.2 Å². The van der Waals surface area contributed by atoms with Crippen molar-refractivity contribution < 1.29 is 18.6 Å². The molecule has 1 atom stereocenters. The molecular formula is C20H26F2O2. The molecule has 0 radical (unpaired) electrons. The molecule has 24 heavy (non-hydrogen) atoms. The maximum absolute atomic E-state index is 13.9. The number of unbranched alkanes of at least 4 members (excludes halogenated alkanes) is 5. The number of hydrogen-bond acceptors (Lipinski definition) is 2. The van der Waals surface area contributed by atoms with Crippen LogP contribution in [-0.2, 0) is 0 Å². The van der Waals surface area contributed by atoms with Gasteiger partial charge >= 0.3 is 0 Å². The molecule has 1 N–H and O–H groups in total. The zero-order chi connectivity index (χ0) is 17.4. The average Bonchev–Trinajstić information content (AvgIpc) is 2.54. The van der Waals surface area contributed by atoms with Crippen molar-refractivity contribution >= 4 is 5.57 Å². The Hall–Kier alpha value is -1.68. The van der Waals surface area contributed by atoms with E-state index in [9.17, 15) is 13.9 Å². The Morgan fingerprint density at radius 3 is 2.42 bits per heavy atom. The molecule has 2 nitrogen and oxygen atoms in total. The van der Waals surface area contributed by atoms with Gasteiger partial charge in [0.1, 0.15) is 11.6 Å². The summed E-state index contributed by atoms with van der Waals surface area (Å²) in [5, 5.41) is 9.19. The van der Waals surface area contributed by atoms with Crippen LogP contribution in [0.3, 0.4) is 0 Å². The third kappa shape index (κ3) is 5.75. The molecule has 1 aromatic rings. The highest BCUT2D eigenvalue weighted by Gasteiger charge is 2.29. The average molecular weight is 336 g/mol. The quantitative estimate of drug-likeness (QED) is 0.584. The topological polar surface area (TPSA) is 29.5 Å². The van der Waals surface area contributed by atoms with Gasteiger partial charge in [-0.3, -0.25) is 0 Å². The molecule has 0 bridgehead atoms. The van der Waals surface area contributed by atoms with Crippen molar-refractivity contribution in [2.45, 2.75) is 57.7 Å². The summed E-state index contributed by atoms with van der Waals surface area (Å²) in [5.74, 6) is -2.49. The Labute approximate surface area is 142 Å². The van der Waals surface area contributed by atoms with Crippen LogP contribution in [-0.4, -0.2) is 17.6 Å². The van der Waals surface area contributed by atoms with Crippen LogP contribution in [0.5, 0.6) is 5.75 Å². The summed E-state index contributed by atoms with van der Waals surface area (Å²) >= 11 is 0. The van der Waals surface area contributed by atoms with E-state index < -0.39 is 18.1 Å². The van der Waals surface area contributed by atoms with Gasteiger partial charge in [-0.25, -0.2) is 8.78 Å². The van der Waals surface area contributed by atoms with E-state index in [1.807, 2.05) is 0 Å². The lowest BCUT2D eigenvalue weighted by atomic mass is 9.96. The molecule has 1 aromatic carbocycles. The van der Waals surface area contributed by atoms with Crippen LogP contribution in [0.4, 0.5) is 8.78 Å². The number of allylic oxidation sites excluding steroid dienone is 2. The van der Waals surface area contributed by atoms with Crippen LogP contribution in [0.25, 0.3) is 5.57 Å². The minimum absolute atomic E-state index is 0.305. The SMILES string of the molecule is CCCCCCCCOc1ccc(C2=C(F)CC(O)(F)C=C2)cc1. The molecule has 0 spiro atoms. The van der Waals surface area contributed by atoms with E-state index >= 15 is 0 Å². The minimum atomic E-state index is -2.59. The van der Waals surface area contributed by atoms with E-state index in [0.29, 0.717) is 17.7 Å². The Morgan fingerprint density at radius 2 is 1.75 bits per heavy atom. The highest BCUT2D eigenvalue weighted by Crippen LogP contribution is 2.34. The fourth-order valence-corrected chi connectivity index (χ4v) is 2.73. The Bertz CT molecular complexity index is 574. The van der Waals surface area contributed by atoms with Gasteiger partial charge in [-0.1, -0.05) is 57.2 Å². The first-order chi connectivity index (χ1) is 11.5. The maximum Gasteiger partial charge on any atom is 0.232 e. The van der Waals surface area contributed by atoms with E-state index in [-0.39, 0.29) is 0 Å². The van der Waals surface area contributed by atoms with E-state index in [1.54, 1.807) is 24.3 Å². The highest BCUT2D eigenvalue weighted by molar-refractivity contribution is 5.77. The predicted molar refractivity (Wildman–Crippen MR) is 93.2 cm³/mol. The van der Waals surface area contributed by atoms with Crippen molar-refractivity contribution in [2.24, 2.45) is 0 Å². The highest BCUT2D eigenvalue weighted by atomic mass is 19.2. The molecular weight excluding hydrogens is 310 g/mol. The molecule has 1 aliphatic carbocycles. The predicted octanol–water partition coefficient (Wildman–Crippen LogP) is 5.72. The van der Waals surface area contributed by atoms with Gasteiger partial charge in [-0.15, -0.1) is 0 Å². The second-order valence-corrected chi connectivity index (χ2v) is 6.29. The largest absolute Gasteiger partial charge is 0.494 e. The van der Waals surface area contributed by atoms with Crippen molar-refractivity contribution in [3.63, 3.8) is 0 Å². The molecule has 0 saturated carbocycles. The third-order valence-electron chi connectivity index (χ3n) is 4.13. The number of ether oxygens (including phenoxy) is 1. The van der Waals surface area contributed by atoms with Crippen LogP contribution in [0.1, 0.15) is 57.4 Å². The van der Waals surface area contributed by atoms with Crippen LogP contribution in [0.15, 0.2) is 42.2 Å². The van der Waals surface area contributed by atoms with E-state index in [4.69, 9.17) is 4.74 Å². The molecule has 4 heteroatoms. The van der Waals surface area contributed by atoms with Gasteiger partial charge in [-0.05, 0) is 30.2 Å². The normalized spacial score (nSPS) is 20.5. The molecule has 1 aliphatic rings. The van der Waals surface area contributed by atoms with Gasteiger partial charge in [0.2, 0.25) is 5.85 Å². The fraction of sp³-hybridized carbons (Fsp3) is 0.500. The van der Waals surface area contributed by atoms with E-state index in [2.05, 4.69) is 6.92 Å². The van der Waals surface area contributed by atoms with Gasteiger partial charge in [0.25, 0.3) is 0 Å². The summed E-state index contributed by atoms with van der Waals surface area (Å²) in [6, 6.07) is 7.07. The third-order valence-corrected chi connectivity index (χ3v) is 4.13. The zero-order valence-corrected chi connectivity index (χ0v) is 14.2. The Morgan fingerprint density at radius 1 is 1.08 bits per heavy atom. The molecule has 2 rings (SSSR count). The lowest BCUT2D eigenvalue weighted by Crippen LogP contribution is -2.21. The molecule has 0 fully saturated rings. The lowest BCUT2D eigenvalue weighted by Gasteiger charge is -2.19. The fourth-order valence-electron chi connectivity index (χ4n) is 2.73. The van der Waals surface area contributed by atoms with E-state index in [0.717, 1.165) is 18.2 Å². The molecule has 0 heterocycles. The summed E-state index contributed by atoms with van der Waals surface area (Å²) < 4.78 is 32.9. The lowest BCUT2D eigenvalue weighted by molar-refractivity contribution is -0.0445. The summed E-state index contributed by atoms with van der Waals surface area (Å²) in [6.45, 7) is 2.88. The van der Waals surface area contributed by atoms with Crippen molar-refractivity contribution in [2.75, 3.05) is 6.61 Å². The second kappa shape index (κ2) is 8.97. The number of aliphatic hydroxyl groups is 1. The van der Waals surface area contributed by atoms with Gasteiger partial charge in [0.15, 0.2) is 0 Å². The van der Waals surface area contributed by atoms with Crippen molar-refractivity contribution in [1.29, 1.82) is 0 Å². The molecule has 0 saturated heterocycles.